The molecule has 0 bridgehead atoms. The van der Waals surface area contributed by atoms with E-state index in [4.69, 9.17) is 4.42 Å². The summed E-state index contributed by atoms with van der Waals surface area (Å²) in [7, 11) is 0. The van der Waals surface area contributed by atoms with Crippen molar-refractivity contribution in [1.82, 2.24) is 0 Å². The molecule has 0 atom stereocenters. The summed E-state index contributed by atoms with van der Waals surface area (Å²) >= 11 is 3.43. The molecule has 0 N–H and O–H groups in total. The maximum Gasteiger partial charge on any atom is 0.193 e. The van der Waals surface area contributed by atoms with E-state index >= 15 is 0 Å². The van der Waals surface area contributed by atoms with Gasteiger partial charge >= 0.3 is 0 Å². The van der Waals surface area contributed by atoms with Gasteiger partial charge in [-0.15, -0.1) is 0 Å². The topological polar surface area (TPSA) is 30.2 Å². The van der Waals surface area contributed by atoms with Crippen LogP contribution in [0.2, 0.25) is 0 Å². The maximum atomic E-state index is 12.1. The third kappa shape index (κ3) is 1.85. The van der Waals surface area contributed by atoms with Crippen molar-refractivity contribution in [3.8, 4) is 0 Å². The number of hydrogen-bond acceptors (Lipinski definition) is 2. The van der Waals surface area contributed by atoms with Crippen molar-refractivity contribution in [2.45, 2.75) is 12.8 Å². The van der Waals surface area contributed by atoms with Gasteiger partial charge in [0.15, 0.2) is 5.43 Å². The van der Waals surface area contributed by atoms with Gasteiger partial charge in [0.25, 0.3) is 0 Å². The van der Waals surface area contributed by atoms with E-state index in [0.29, 0.717) is 16.7 Å². The van der Waals surface area contributed by atoms with E-state index in [2.05, 4.69) is 15.9 Å². The third-order valence-electron chi connectivity index (χ3n) is 3.10. The highest BCUT2D eigenvalue weighted by atomic mass is 79.9. The second-order valence-electron chi connectivity index (χ2n) is 4.41. The number of rotatable bonds is 1. The normalized spacial score (nSPS) is 14.8. The predicted octanol–water partition coefficient (Wildman–Crippen LogP) is 4.07. The Balaban J connectivity index is 2.26. The molecule has 0 saturated carbocycles. The molecule has 1 aliphatic carbocycles. The summed E-state index contributed by atoms with van der Waals surface area (Å²) in [6.45, 7) is 1.98. The molecule has 0 fully saturated rings. The van der Waals surface area contributed by atoms with Crippen molar-refractivity contribution >= 4 is 26.9 Å². The highest BCUT2D eigenvalue weighted by molar-refractivity contribution is 9.10. The van der Waals surface area contributed by atoms with E-state index in [1.807, 2.05) is 43.4 Å². The van der Waals surface area contributed by atoms with Crippen LogP contribution in [0.5, 0.6) is 0 Å². The number of allylic oxidation sites excluding steroid dienone is 4. The Bertz CT molecular complexity index is 726. The Kier molecular flexibility index (Phi) is 2.71. The van der Waals surface area contributed by atoms with Gasteiger partial charge in [0.05, 0.1) is 11.3 Å². The zero-order valence-electron chi connectivity index (χ0n) is 9.81. The molecule has 0 amide bonds. The molecule has 3 rings (SSSR count). The Morgan fingerprint density at radius 2 is 1.89 bits per heavy atom. The smallest absolute Gasteiger partial charge is 0.193 e. The van der Waals surface area contributed by atoms with Crippen LogP contribution in [0.25, 0.3) is 11.0 Å². The van der Waals surface area contributed by atoms with Crippen LogP contribution in [0.3, 0.4) is 0 Å². The maximum absolute atomic E-state index is 12.1. The standard InChI is InChI=1S/C15H11BrO2/c1-9-6-15-11(7-12(9)16)13(17)8-14(18-15)10-4-2-3-5-10/h2-8,10H,1H3. The first-order valence-corrected chi connectivity index (χ1v) is 6.53. The molecule has 0 spiro atoms. The fourth-order valence-electron chi connectivity index (χ4n) is 2.08. The Morgan fingerprint density at radius 3 is 2.61 bits per heavy atom. The molecule has 3 heteroatoms. The van der Waals surface area contributed by atoms with Gasteiger partial charge in [-0.2, -0.15) is 0 Å². The van der Waals surface area contributed by atoms with Crippen molar-refractivity contribution in [2.24, 2.45) is 0 Å². The minimum absolute atomic E-state index is 0.000602. The van der Waals surface area contributed by atoms with Crippen molar-refractivity contribution < 1.29 is 4.42 Å². The summed E-state index contributed by atoms with van der Waals surface area (Å²) in [4.78, 5) is 12.1. The first-order chi connectivity index (χ1) is 8.65. The fraction of sp³-hybridized carbons (Fsp3) is 0.133. The predicted molar refractivity (Wildman–Crippen MR) is 75.9 cm³/mol. The van der Waals surface area contributed by atoms with Gasteiger partial charge in [-0.1, -0.05) is 40.2 Å². The number of hydrogen-bond donors (Lipinski definition) is 0. The van der Waals surface area contributed by atoms with Gasteiger partial charge < -0.3 is 4.42 Å². The lowest BCUT2D eigenvalue weighted by molar-refractivity contribution is 0.537. The highest BCUT2D eigenvalue weighted by Gasteiger charge is 2.13. The summed E-state index contributed by atoms with van der Waals surface area (Å²) in [5, 5.41) is 0.613. The van der Waals surface area contributed by atoms with E-state index in [1.165, 1.54) is 0 Å². The van der Waals surface area contributed by atoms with E-state index in [-0.39, 0.29) is 11.3 Å². The lowest BCUT2D eigenvalue weighted by Gasteiger charge is -2.07. The molecule has 90 valence electrons. The summed E-state index contributed by atoms with van der Waals surface area (Å²) in [5.41, 5.74) is 1.70. The van der Waals surface area contributed by atoms with Gasteiger partial charge in [0.1, 0.15) is 11.3 Å². The molecule has 0 unspecified atom stereocenters. The van der Waals surface area contributed by atoms with Crippen LogP contribution in [0.15, 0.2) is 56.2 Å². The van der Waals surface area contributed by atoms with Crippen molar-refractivity contribution in [3.63, 3.8) is 0 Å². The van der Waals surface area contributed by atoms with Crippen molar-refractivity contribution in [1.29, 1.82) is 0 Å². The van der Waals surface area contributed by atoms with Gasteiger partial charge in [-0.25, -0.2) is 0 Å². The lowest BCUT2D eigenvalue weighted by atomic mass is 10.1. The second-order valence-corrected chi connectivity index (χ2v) is 5.26. The summed E-state index contributed by atoms with van der Waals surface area (Å²) < 4.78 is 6.77. The van der Waals surface area contributed by atoms with Gasteiger partial charge in [0.2, 0.25) is 0 Å². The van der Waals surface area contributed by atoms with Gasteiger partial charge in [0, 0.05) is 10.5 Å². The Labute approximate surface area is 113 Å². The molecule has 1 aromatic heterocycles. The van der Waals surface area contributed by atoms with Gasteiger partial charge in [-0.3, -0.25) is 4.79 Å². The van der Waals surface area contributed by atoms with Crippen molar-refractivity contribution in [3.05, 3.63) is 68.5 Å². The van der Waals surface area contributed by atoms with Crippen LogP contribution in [0.4, 0.5) is 0 Å². The average molecular weight is 303 g/mol. The molecular weight excluding hydrogens is 292 g/mol. The molecule has 18 heavy (non-hydrogen) atoms. The first kappa shape index (κ1) is 11.5. The zero-order valence-corrected chi connectivity index (χ0v) is 11.4. The molecular formula is C15H11BrO2. The van der Waals surface area contributed by atoms with Crippen molar-refractivity contribution in [2.75, 3.05) is 0 Å². The van der Waals surface area contributed by atoms with E-state index < -0.39 is 0 Å². The lowest BCUT2D eigenvalue weighted by Crippen LogP contribution is -2.04. The quantitative estimate of drug-likeness (QED) is 0.795. The SMILES string of the molecule is Cc1cc2oc(C3C=CC=C3)cc(=O)c2cc1Br. The number of benzene rings is 1. The molecule has 0 radical (unpaired) electrons. The minimum Gasteiger partial charge on any atom is -0.460 e. The molecule has 2 aromatic rings. The molecule has 1 aliphatic rings. The number of halogens is 1. The summed E-state index contributed by atoms with van der Waals surface area (Å²) in [5.74, 6) is 0.769. The number of fused-ring (bicyclic) bond motifs is 1. The molecule has 0 saturated heterocycles. The molecule has 1 aromatic carbocycles. The highest BCUT2D eigenvalue weighted by Crippen LogP contribution is 2.27. The number of aryl methyl sites for hydroxylation is 1. The summed E-state index contributed by atoms with van der Waals surface area (Å²) in [6.07, 6.45) is 7.94. The van der Waals surface area contributed by atoms with Crippen LogP contribution in [0.1, 0.15) is 17.2 Å². The zero-order chi connectivity index (χ0) is 12.7. The van der Waals surface area contributed by atoms with Crippen LogP contribution < -0.4 is 5.43 Å². The largest absolute Gasteiger partial charge is 0.460 e. The molecule has 2 nitrogen and oxygen atoms in total. The second kappa shape index (κ2) is 4.25. The Hall–Kier alpha value is -1.61. The Morgan fingerprint density at radius 1 is 1.17 bits per heavy atom. The monoisotopic (exact) mass is 302 g/mol. The van der Waals surface area contributed by atoms with E-state index in [0.717, 1.165) is 10.0 Å². The van der Waals surface area contributed by atoms with Crippen LogP contribution in [0, 0.1) is 6.92 Å². The third-order valence-corrected chi connectivity index (χ3v) is 3.96. The van der Waals surface area contributed by atoms with E-state index in [9.17, 15) is 4.79 Å². The minimum atomic E-state index is 0.000602. The van der Waals surface area contributed by atoms with E-state index in [1.54, 1.807) is 6.07 Å². The van der Waals surface area contributed by atoms with Crippen LogP contribution in [-0.4, -0.2) is 0 Å². The van der Waals surface area contributed by atoms with Gasteiger partial charge in [-0.05, 0) is 24.6 Å². The summed E-state index contributed by atoms with van der Waals surface area (Å²) in [6, 6.07) is 5.29. The fourth-order valence-corrected chi connectivity index (χ4v) is 2.42. The average Bonchev–Trinajstić information content (AvgIpc) is 2.85. The van der Waals surface area contributed by atoms with Crippen LogP contribution >= 0.6 is 15.9 Å². The van der Waals surface area contributed by atoms with Crippen LogP contribution in [-0.2, 0) is 0 Å². The molecule has 1 heterocycles. The first-order valence-electron chi connectivity index (χ1n) is 5.74. The molecule has 0 aliphatic heterocycles.